The molecule has 0 aromatic carbocycles. The molecule has 0 aliphatic heterocycles. The van der Waals surface area contributed by atoms with Crippen LogP contribution in [0.2, 0.25) is 0 Å². The molecule has 3 rings (SSSR count). The summed E-state index contributed by atoms with van der Waals surface area (Å²) < 4.78 is 6.75. The zero-order valence-corrected chi connectivity index (χ0v) is 9.89. The summed E-state index contributed by atoms with van der Waals surface area (Å²) in [4.78, 5) is 4.51. The van der Waals surface area contributed by atoms with Crippen molar-refractivity contribution in [1.29, 1.82) is 0 Å². The lowest BCUT2D eigenvalue weighted by atomic mass is 10.3. The molecule has 3 aromatic heterocycles. The maximum Gasteiger partial charge on any atom is 0.148 e. The Morgan fingerprint density at radius 1 is 1.47 bits per heavy atom. The topological polar surface area (TPSA) is 69.6 Å². The van der Waals surface area contributed by atoms with Crippen molar-refractivity contribution in [3.8, 4) is 10.6 Å². The Balaban J connectivity index is 1.84. The van der Waals surface area contributed by atoms with Gasteiger partial charge < -0.3 is 4.42 Å². The van der Waals surface area contributed by atoms with E-state index in [0.29, 0.717) is 6.54 Å². The molecule has 0 bridgehead atoms. The Morgan fingerprint density at radius 2 is 2.41 bits per heavy atom. The van der Waals surface area contributed by atoms with Crippen LogP contribution >= 0.6 is 11.3 Å². The van der Waals surface area contributed by atoms with E-state index in [1.807, 2.05) is 18.4 Å². The van der Waals surface area contributed by atoms with Gasteiger partial charge in [0.15, 0.2) is 0 Å². The van der Waals surface area contributed by atoms with Crippen molar-refractivity contribution in [2.45, 2.75) is 13.5 Å². The van der Waals surface area contributed by atoms with Crippen LogP contribution in [0, 0.1) is 6.92 Å². The van der Waals surface area contributed by atoms with Gasteiger partial charge in [-0.3, -0.25) is 0 Å². The molecule has 0 N–H and O–H groups in total. The summed E-state index contributed by atoms with van der Waals surface area (Å²) in [5, 5.41) is 14.3. The van der Waals surface area contributed by atoms with Crippen LogP contribution in [0.4, 0.5) is 0 Å². The minimum absolute atomic E-state index is 0.590. The maximum absolute atomic E-state index is 5.03. The van der Waals surface area contributed by atoms with Crippen LogP contribution in [0.1, 0.15) is 11.5 Å². The summed E-state index contributed by atoms with van der Waals surface area (Å²) in [5.74, 6) is 0.780. The summed E-state index contributed by atoms with van der Waals surface area (Å²) in [5.41, 5.74) is 1.94. The van der Waals surface area contributed by atoms with E-state index in [-0.39, 0.29) is 0 Å². The van der Waals surface area contributed by atoms with Crippen molar-refractivity contribution in [2.24, 2.45) is 0 Å². The fourth-order valence-electron chi connectivity index (χ4n) is 1.45. The van der Waals surface area contributed by atoms with E-state index in [2.05, 4.69) is 20.5 Å². The number of aryl methyl sites for hydroxylation is 1. The quantitative estimate of drug-likeness (QED) is 0.705. The van der Waals surface area contributed by atoms with Crippen molar-refractivity contribution >= 4 is 11.3 Å². The normalized spacial score (nSPS) is 10.9. The number of aromatic nitrogens is 5. The van der Waals surface area contributed by atoms with E-state index < -0.39 is 0 Å². The molecule has 0 spiro atoms. The van der Waals surface area contributed by atoms with Crippen LogP contribution < -0.4 is 0 Å². The number of rotatable bonds is 3. The zero-order valence-electron chi connectivity index (χ0n) is 9.07. The summed E-state index contributed by atoms with van der Waals surface area (Å²) >= 11 is 1.58. The Hall–Kier alpha value is -2.02. The van der Waals surface area contributed by atoms with Crippen molar-refractivity contribution < 1.29 is 4.42 Å². The first-order chi connectivity index (χ1) is 8.33. The van der Waals surface area contributed by atoms with Gasteiger partial charge in [-0.25, -0.2) is 9.67 Å². The minimum atomic E-state index is 0.590. The standard InChI is InChI=1S/C10H9N5OS/c1-7-12-13-14-15(7)4-9-6-17-10(11-9)8-2-3-16-5-8/h2-3,5-6H,4H2,1H3. The van der Waals surface area contributed by atoms with Crippen LogP contribution in [0.25, 0.3) is 10.6 Å². The highest BCUT2D eigenvalue weighted by molar-refractivity contribution is 7.13. The lowest BCUT2D eigenvalue weighted by Crippen LogP contribution is -2.04. The molecule has 0 atom stereocenters. The molecule has 86 valence electrons. The van der Waals surface area contributed by atoms with Gasteiger partial charge in [-0.15, -0.1) is 16.4 Å². The van der Waals surface area contributed by atoms with Gasteiger partial charge >= 0.3 is 0 Å². The summed E-state index contributed by atoms with van der Waals surface area (Å²) in [6.07, 6.45) is 3.33. The van der Waals surface area contributed by atoms with Gasteiger partial charge in [0, 0.05) is 10.9 Å². The molecular formula is C10H9N5OS. The summed E-state index contributed by atoms with van der Waals surface area (Å²) in [7, 11) is 0. The Labute approximate surface area is 101 Å². The fraction of sp³-hybridized carbons (Fsp3) is 0.200. The lowest BCUT2D eigenvalue weighted by Gasteiger charge is -1.96. The maximum atomic E-state index is 5.03. The van der Waals surface area contributed by atoms with E-state index in [4.69, 9.17) is 4.42 Å². The van der Waals surface area contributed by atoms with Crippen molar-refractivity contribution in [3.63, 3.8) is 0 Å². The largest absolute Gasteiger partial charge is 0.472 e. The first-order valence-corrected chi connectivity index (χ1v) is 5.90. The second-order valence-corrected chi connectivity index (χ2v) is 4.40. The average molecular weight is 247 g/mol. The monoisotopic (exact) mass is 247 g/mol. The molecule has 0 saturated carbocycles. The van der Waals surface area contributed by atoms with Crippen molar-refractivity contribution in [3.05, 3.63) is 35.5 Å². The van der Waals surface area contributed by atoms with Crippen LogP contribution in [-0.4, -0.2) is 25.2 Å². The van der Waals surface area contributed by atoms with Crippen molar-refractivity contribution in [1.82, 2.24) is 25.2 Å². The molecule has 6 nitrogen and oxygen atoms in total. The highest BCUT2D eigenvalue weighted by Crippen LogP contribution is 2.24. The van der Waals surface area contributed by atoms with Gasteiger partial charge in [-0.05, 0) is 23.4 Å². The van der Waals surface area contributed by atoms with Crippen molar-refractivity contribution in [2.75, 3.05) is 0 Å². The van der Waals surface area contributed by atoms with E-state index in [1.54, 1.807) is 28.5 Å². The molecule has 3 heterocycles. The van der Waals surface area contributed by atoms with Crippen LogP contribution in [0.3, 0.4) is 0 Å². The highest BCUT2D eigenvalue weighted by Gasteiger charge is 2.08. The number of thiazole rings is 1. The fourth-order valence-corrected chi connectivity index (χ4v) is 2.24. The first-order valence-electron chi connectivity index (χ1n) is 5.02. The second-order valence-electron chi connectivity index (χ2n) is 3.54. The van der Waals surface area contributed by atoms with Crippen LogP contribution in [0.15, 0.2) is 28.4 Å². The number of nitrogens with zero attached hydrogens (tertiary/aromatic N) is 5. The Kier molecular flexibility index (Phi) is 2.45. The smallest absolute Gasteiger partial charge is 0.148 e. The van der Waals surface area contributed by atoms with Gasteiger partial charge in [0.05, 0.1) is 18.5 Å². The molecule has 0 aliphatic carbocycles. The second kappa shape index (κ2) is 4.10. The molecule has 17 heavy (non-hydrogen) atoms. The molecule has 0 fully saturated rings. The Morgan fingerprint density at radius 3 is 3.12 bits per heavy atom. The molecule has 0 aliphatic rings. The molecule has 0 amide bonds. The molecule has 0 unspecified atom stereocenters. The minimum Gasteiger partial charge on any atom is -0.472 e. The van der Waals surface area contributed by atoms with Crippen LogP contribution in [-0.2, 0) is 6.54 Å². The third kappa shape index (κ3) is 1.96. The number of furan rings is 1. The van der Waals surface area contributed by atoms with Gasteiger partial charge in [0.2, 0.25) is 0 Å². The van der Waals surface area contributed by atoms with E-state index in [0.717, 1.165) is 22.1 Å². The first kappa shape index (κ1) is 10.2. The number of hydrogen-bond acceptors (Lipinski definition) is 6. The Bertz CT molecular complexity index is 612. The average Bonchev–Trinajstić information content (AvgIpc) is 3.02. The summed E-state index contributed by atoms with van der Waals surface area (Å²) in [6.45, 7) is 2.45. The summed E-state index contributed by atoms with van der Waals surface area (Å²) in [6, 6.07) is 1.89. The van der Waals surface area contributed by atoms with Gasteiger partial charge in [-0.1, -0.05) is 0 Å². The third-order valence-electron chi connectivity index (χ3n) is 2.34. The van der Waals surface area contributed by atoms with Gasteiger partial charge in [0.1, 0.15) is 17.1 Å². The highest BCUT2D eigenvalue weighted by atomic mass is 32.1. The predicted molar refractivity (Wildman–Crippen MR) is 61.5 cm³/mol. The molecular weight excluding hydrogens is 238 g/mol. The molecule has 0 saturated heterocycles. The molecule has 7 heteroatoms. The van der Waals surface area contributed by atoms with E-state index in [1.165, 1.54) is 0 Å². The van der Waals surface area contributed by atoms with Crippen LogP contribution in [0.5, 0.6) is 0 Å². The van der Waals surface area contributed by atoms with Gasteiger partial charge in [0.25, 0.3) is 0 Å². The lowest BCUT2D eigenvalue weighted by molar-refractivity contribution is 0.568. The third-order valence-corrected chi connectivity index (χ3v) is 3.28. The van der Waals surface area contributed by atoms with E-state index >= 15 is 0 Å². The van der Waals surface area contributed by atoms with Gasteiger partial charge in [-0.2, -0.15) is 0 Å². The molecule has 3 aromatic rings. The molecule has 0 radical (unpaired) electrons. The number of hydrogen-bond donors (Lipinski definition) is 0. The SMILES string of the molecule is Cc1nnnn1Cc1csc(-c2ccoc2)n1. The van der Waals surface area contributed by atoms with E-state index in [9.17, 15) is 0 Å². The number of tetrazole rings is 1. The predicted octanol–water partition coefficient (Wildman–Crippen LogP) is 1.75. The zero-order chi connectivity index (χ0) is 11.7.